The van der Waals surface area contributed by atoms with Crippen molar-refractivity contribution in [1.29, 1.82) is 0 Å². The van der Waals surface area contributed by atoms with Crippen LogP contribution in [0.25, 0.3) is 39.2 Å². The van der Waals surface area contributed by atoms with Crippen LogP contribution in [0.2, 0.25) is 0 Å². The molecule has 1 fully saturated rings. The van der Waals surface area contributed by atoms with Crippen LogP contribution >= 0.6 is 0 Å². The summed E-state index contributed by atoms with van der Waals surface area (Å²) < 4.78 is 5.32. The molecule has 0 atom stereocenters. The molecule has 1 saturated heterocycles. The highest BCUT2D eigenvalue weighted by atomic mass is 16.5. The highest BCUT2D eigenvalue weighted by Crippen LogP contribution is 2.29. The lowest BCUT2D eigenvalue weighted by molar-refractivity contribution is 0.0538. The Morgan fingerprint density at radius 3 is 2.86 bits per heavy atom. The molecule has 2 aliphatic heterocycles. The fraction of sp³-hybridized carbons (Fsp3) is 0.250. The van der Waals surface area contributed by atoms with E-state index in [9.17, 15) is 9.59 Å². The Morgan fingerprint density at radius 2 is 2.03 bits per heavy atom. The fourth-order valence-electron chi connectivity index (χ4n) is 4.38. The van der Waals surface area contributed by atoms with Crippen molar-refractivity contribution >= 4 is 39.6 Å². The van der Waals surface area contributed by atoms with Gasteiger partial charge >= 0.3 is 6.03 Å². The maximum absolute atomic E-state index is 12.6. The lowest BCUT2D eigenvalue weighted by Gasteiger charge is -2.27. The zero-order chi connectivity index (χ0) is 25.4. The number of aromatic nitrogens is 6. The van der Waals surface area contributed by atoms with Crippen LogP contribution in [-0.4, -0.2) is 86.9 Å². The number of pyridine rings is 2. The smallest absolute Gasteiger partial charge is 0.322 e. The summed E-state index contributed by atoms with van der Waals surface area (Å²) in [6.07, 6.45) is 8.58. The van der Waals surface area contributed by atoms with Crippen molar-refractivity contribution in [2.45, 2.75) is 0 Å². The lowest BCUT2D eigenvalue weighted by Crippen LogP contribution is -2.46. The minimum atomic E-state index is -0.270. The number of aromatic amines is 2. The van der Waals surface area contributed by atoms with E-state index in [2.05, 4.69) is 46.1 Å². The van der Waals surface area contributed by atoms with Crippen molar-refractivity contribution in [3.8, 4) is 11.5 Å². The molecule has 6 rings (SSSR count). The van der Waals surface area contributed by atoms with Gasteiger partial charge in [0.2, 0.25) is 0 Å². The summed E-state index contributed by atoms with van der Waals surface area (Å²) in [6, 6.07) is 1.82. The number of hydrogen-bond acceptors (Lipinski definition) is 8. The highest BCUT2D eigenvalue weighted by Gasteiger charge is 2.20. The Bertz CT molecular complexity index is 1580. The number of carbonyl (C=O) groups excluding carboxylic acids is 2. The number of urea groups is 1. The zero-order valence-electron chi connectivity index (χ0n) is 20.0. The Labute approximate surface area is 210 Å². The minimum absolute atomic E-state index is 0.157. The van der Waals surface area contributed by atoms with Crippen LogP contribution in [0.3, 0.4) is 0 Å². The van der Waals surface area contributed by atoms with E-state index >= 15 is 0 Å². The van der Waals surface area contributed by atoms with Gasteiger partial charge in [0.25, 0.3) is 5.91 Å². The van der Waals surface area contributed by atoms with Crippen LogP contribution in [0, 0.1) is 0 Å². The van der Waals surface area contributed by atoms with E-state index in [1.807, 2.05) is 12.1 Å². The molecule has 3 amide bonds. The lowest BCUT2D eigenvalue weighted by atomic mass is 10.0. The molecule has 0 bridgehead atoms. The van der Waals surface area contributed by atoms with Gasteiger partial charge in [-0.05, 0) is 23.3 Å². The molecule has 6 heterocycles. The van der Waals surface area contributed by atoms with Crippen LogP contribution < -0.4 is 16.0 Å². The van der Waals surface area contributed by atoms with Crippen LogP contribution in [0.5, 0.6) is 0 Å². The summed E-state index contributed by atoms with van der Waals surface area (Å²) in [4.78, 5) is 43.1. The standard InChI is InChI=1S/C24H24N10O3/c1-25-23(35)17-11-27-12-18-19(17)31-22(30-18)20-16-7-14(9-28-21(16)33-32-20)13-6-15(10-26-8-13)29-24(36)34-2-4-37-5-3-34/h6-7,9-12,26H,2-5,8H2,1H3,(H,25,35)(H,29,36)(H,30,31)(H,28,32,33). The predicted octanol–water partition coefficient (Wildman–Crippen LogP) is 1.13. The number of carbonyl (C=O) groups is 2. The quantitative estimate of drug-likeness (QED) is 0.278. The summed E-state index contributed by atoms with van der Waals surface area (Å²) in [5, 5.41) is 16.9. The van der Waals surface area contributed by atoms with Gasteiger partial charge in [-0.25, -0.2) is 14.8 Å². The first-order chi connectivity index (χ1) is 18.1. The minimum Gasteiger partial charge on any atom is -0.385 e. The molecule has 0 aliphatic carbocycles. The molecule has 4 aromatic heterocycles. The second-order valence-electron chi connectivity index (χ2n) is 8.62. The second-order valence-corrected chi connectivity index (χ2v) is 8.62. The molecule has 0 spiro atoms. The number of fused-ring (bicyclic) bond motifs is 2. The van der Waals surface area contributed by atoms with Crippen molar-refractivity contribution in [3.05, 3.63) is 53.8 Å². The SMILES string of the molecule is CNC(=O)c1cncc2[nH]c(-c3n[nH]c4ncc(C5=CC(NC(=O)N6CCOCC6)=CNC5)cc34)nc12. The first-order valence-electron chi connectivity index (χ1n) is 11.8. The van der Waals surface area contributed by atoms with E-state index in [1.165, 1.54) is 6.20 Å². The second kappa shape index (κ2) is 9.35. The average molecular weight is 501 g/mol. The maximum atomic E-state index is 12.6. The van der Waals surface area contributed by atoms with Gasteiger partial charge in [0.05, 0.1) is 41.6 Å². The average Bonchev–Trinajstić information content (AvgIpc) is 3.57. The summed E-state index contributed by atoms with van der Waals surface area (Å²) >= 11 is 0. The third-order valence-corrected chi connectivity index (χ3v) is 6.31. The van der Waals surface area contributed by atoms with Gasteiger partial charge in [0.15, 0.2) is 11.5 Å². The van der Waals surface area contributed by atoms with Gasteiger partial charge in [-0.1, -0.05) is 0 Å². The van der Waals surface area contributed by atoms with Gasteiger partial charge in [-0.3, -0.25) is 14.9 Å². The molecular weight excluding hydrogens is 476 g/mol. The number of imidazole rings is 1. The molecule has 13 nitrogen and oxygen atoms in total. The van der Waals surface area contributed by atoms with Gasteiger partial charge in [-0.2, -0.15) is 5.10 Å². The molecule has 0 saturated carbocycles. The molecule has 13 heteroatoms. The Morgan fingerprint density at radius 1 is 1.16 bits per heavy atom. The Kier molecular flexibility index (Phi) is 5.73. The number of rotatable bonds is 4. The van der Waals surface area contributed by atoms with Crippen molar-refractivity contribution in [1.82, 2.24) is 51.0 Å². The number of hydrogen-bond donors (Lipinski definition) is 5. The summed E-state index contributed by atoms with van der Waals surface area (Å²) in [6.45, 7) is 2.78. The number of nitrogens with one attached hydrogen (secondary N) is 5. The molecule has 0 aromatic carbocycles. The number of dihydropyridines is 1. The van der Waals surface area contributed by atoms with Gasteiger partial charge in [-0.15, -0.1) is 0 Å². The Balaban J connectivity index is 1.31. The third kappa shape index (κ3) is 4.25. The van der Waals surface area contributed by atoms with Crippen molar-refractivity contribution in [3.63, 3.8) is 0 Å². The van der Waals surface area contributed by atoms with Crippen LogP contribution in [0.15, 0.2) is 42.6 Å². The number of morpholine rings is 1. The van der Waals surface area contributed by atoms with Crippen LogP contribution in [-0.2, 0) is 4.74 Å². The largest absolute Gasteiger partial charge is 0.385 e. The molecule has 5 N–H and O–H groups in total. The van der Waals surface area contributed by atoms with Crippen molar-refractivity contribution < 1.29 is 14.3 Å². The van der Waals surface area contributed by atoms with E-state index in [-0.39, 0.29) is 11.9 Å². The molecular formula is C24H24N10O3. The fourth-order valence-corrected chi connectivity index (χ4v) is 4.38. The summed E-state index contributed by atoms with van der Waals surface area (Å²) in [7, 11) is 1.56. The van der Waals surface area contributed by atoms with E-state index in [4.69, 9.17) is 4.74 Å². The number of H-pyrrole nitrogens is 2. The van der Waals surface area contributed by atoms with Crippen molar-refractivity contribution in [2.24, 2.45) is 0 Å². The summed E-state index contributed by atoms with van der Waals surface area (Å²) in [5.41, 5.74) is 5.18. The first-order valence-corrected chi connectivity index (χ1v) is 11.8. The van der Waals surface area contributed by atoms with Crippen molar-refractivity contribution in [2.75, 3.05) is 39.9 Å². The zero-order valence-corrected chi connectivity index (χ0v) is 20.0. The van der Waals surface area contributed by atoms with Crippen LogP contribution in [0.1, 0.15) is 15.9 Å². The number of nitrogens with zero attached hydrogens (tertiary/aromatic N) is 5. The van der Waals surface area contributed by atoms with Gasteiger partial charge < -0.3 is 30.6 Å². The monoisotopic (exact) mass is 500 g/mol. The first kappa shape index (κ1) is 22.7. The Hall–Kier alpha value is -4.78. The van der Waals surface area contributed by atoms with Gasteiger partial charge in [0, 0.05) is 45.3 Å². The molecule has 0 radical (unpaired) electrons. The molecule has 4 aromatic rings. The normalized spacial score (nSPS) is 15.8. The third-order valence-electron chi connectivity index (χ3n) is 6.31. The molecule has 188 valence electrons. The predicted molar refractivity (Wildman–Crippen MR) is 135 cm³/mol. The molecule has 0 unspecified atom stereocenters. The van der Waals surface area contributed by atoms with E-state index < -0.39 is 0 Å². The van der Waals surface area contributed by atoms with E-state index in [1.54, 1.807) is 30.5 Å². The topological polar surface area (TPSA) is 166 Å². The number of amides is 3. The van der Waals surface area contributed by atoms with E-state index in [0.29, 0.717) is 72.3 Å². The maximum Gasteiger partial charge on any atom is 0.322 e. The van der Waals surface area contributed by atoms with Gasteiger partial charge in [0.1, 0.15) is 11.2 Å². The molecule has 37 heavy (non-hydrogen) atoms. The summed E-state index contributed by atoms with van der Waals surface area (Å²) in [5.74, 6) is 0.223. The highest BCUT2D eigenvalue weighted by molar-refractivity contribution is 6.05. The van der Waals surface area contributed by atoms with E-state index in [0.717, 1.165) is 16.5 Å². The van der Waals surface area contributed by atoms with Crippen LogP contribution in [0.4, 0.5) is 4.79 Å². The molecule has 2 aliphatic rings. The number of ether oxygens (including phenoxy) is 1. The number of allylic oxidation sites excluding steroid dienone is 1.